The molecule has 112 valence electrons. The van der Waals surface area contributed by atoms with Crippen LogP contribution in [0.5, 0.6) is 0 Å². The number of rotatable bonds is 11. The van der Waals surface area contributed by atoms with Crippen molar-refractivity contribution >= 4 is 32.5 Å². The van der Waals surface area contributed by atoms with Gasteiger partial charge in [-0.1, -0.05) is 0 Å². The number of carboxylic acid groups (broad SMARTS) is 2. The summed E-state index contributed by atoms with van der Waals surface area (Å²) in [6.07, 6.45) is 0.247. The van der Waals surface area contributed by atoms with E-state index in [0.717, 1.165) is 11.8 Å². The van der Waals surface area contributed by atoms with E-state index in [9.17, 15) is 9.59 Å². The van der Waals surface area contributed by atoms with Crippen LogP contribution in [0.1, 0.15) is 12.8 Å². The molecule has 19 heavy (non-hydrogen) atoms. The topological polar surface area (TPSA) is 102 Å². The van der Waals surface area contributed by atoms with Gasteiger partial charge in [0.1, 0.15) is 5.25 Å². The predicted molar refractivity (Wildman–Crippen MR) is 72.3 cm³/mol. The van der Waals surface area contributed by atoms with Crippen LogP contribution in [-0.4, -0.2) is 63.3 Å². The van der Waals surface area contributed by atoms with Crippen molar-refractivity contribution in [2.24, 2.45) is 0 Å². The molecule has 1 unspecified atom stereocenters. The van der Waals surface area contributed by atoms with E-state index in [-0.39, 0.29) is 6.42 Å². The first-order valence-corrected chi connectivity index (χ1v) is 8.60. The van der Waals surface area contributed by atoms with Gasteiger partial charge in [-0.15, -0.1) is 11.8 Å². The third-order valence-electron chi connectivity index (χ3n) is 2.51. The molecule has 0 aromatic heterocycles. The summed E-state index contributed by atoms with van der Waals surface area (Å²) in [5.41, 5.74) is 0. The summed E-state index contributed by atoms with van der Waals surface area (Å²) in [4.78, 5) is 21.4. The Morgan fingerprint density at radius 3 is 2.05 bits per heavy atom. The lowest BCUT2D eigenvalue weighted by Gasteiger charge is -2.24. The molecule has 0 heterocycles. The van der Waals surface area contributed by atoms with Gasteiger partial charge >= 0.3 is 20.7 Å². The Kier molecular flexibility index (Phi) is 9.02. The number of aliphatic carboxylic acids is 2. The lowest BCUT2D eigenvalue weighted by molar-refractivity contribution is -0.142. The summed E-state index contributed by atoms with van der Waals surface area (Å²) in [6, 6.07) is 0.558. The summed E-state index contributed by atoms with van der Waals surface area (Å²) in [7, 11) is 1.91. The Labute approximate surface area is 117 Å². The van der Waals surface area contributed by atoms with Crippen LogP contribution < -0.4 is 0 Å². The molecule has 0 bridgehead atoms. The highest BCUT2D eigenvalue weighted by molar-refractivity contribution is 8.00. The number of hydrogen-bond donors (Lipinski definition) is 2. The Balaban J connectivity index is 4.12. The first kappa shape index (κ1) is 18.4. The summed E-state index contributed by atoms with van der Waals surface area (Å²) in [5.74, 6) is -1.72. The summed E-state index contributed by atoms with van der Waals surface area (Å²) < 4.78 is 15.7. The summed E-state index contributed by atoms with van der Waals surface area (Å²) in [5, 5.41) is 16.5. The zero-order valence-corrected chi connectivity index (χ0v) is 13.1. The van der Waals surface area contributed by atoms with E-state index in [1.807, 2.05) is 0 Å². The maximum absolute atomic E-state index is 10.8. The van der Waals surface area contributed by atoms with Crippen molar-refractivity contribution in [1.82, 2.24) is 0 Å². The molecule has 0 saturated heterocycles. The van der Waals surface area contributed by atoms with E-state index in [1.54, 1.807) is 0 Å². The number of carbonyl (C=O) groups is 2. The normalized spacial score (nSPS) is 13.2. The lowest BCUT2D eigenvalue weighted by Crippen LogP contribution is -2.42. The average molecular weight is 312 g/mol. The molecule has 0 aliphatic rings. The summed E-state index contributed by atoms with van der Waals surface area (Å²) >= 11 is 1.11. The largest absolute Gasteiger partial charge is 0.500 e. The first-order valence-electron chi connectivity index (χ1n) is 5.62. The first-order chi connectivity index (χ1) is 8.90. The van der Waals surface area contributed by atoms with Crippen molar-refractivity contribution in [2.75, 3.05) is 27.1 Å². The molecule has 1 atom stereocenters. The molecule has 0 rings (SSSR count). The van der Waals surface area contributed by atoms with E-state index in [0.29, 0.717) is 18.2 Å². The van der Waals surface area contributed by atoms with E-state index >= 15 is 0 Å². The fourth-order valence-corrected chi connectivity index (χ4v) is 4.42. The van der Waals surface area contributed by atoms with Crippen LogP contribution in [-0.2, 0) is 22.9 Å². The number of hydrogen-bond acceptors (Lipinski definition) is 6. The highest BCUT2D eigenvalue weighted by Crippen LogP contribution is 2.21. The molecule has 0 radical (unpaired) electrons. The second kappa shape index (κ2) is 9.32. The zero-order valence-electron chi connectivity index (χ0n) is 11.2. The summed E-state index contributed by atoms with van der Waals surface area (Å²) in [6.45, 7) is 0. The third-order valence-corrected chi connectivity index (χ3v) is 6.64. The highest BCUT2D eigenvalue weighted by Gasteiger charge is 2.37. The quantitative estimate of drug-likeness (QED) is 0.429. The van der Waals surface area contributed by atoms with Crippen molar-refractivity contribution in [1.29, 1.82) is 0 Å². The van der Waals surface area contributed by atoms with E-state index in [1.165, 1.54) is 21.3 Å². The van der Waals surface area contributed by atoms with Crippen molar-refractivity contribution in [3.63, 3.8) is 0 Å². The van der Waals surface area contributed by atoms with Gasteiger partial charge in [0.15, 0.2) is 0 Å². The maximum Gasteiger partial charge on any atom is 0.500 e. The fourth-order valence-electron chi connectivity index (χ4n) is 1.45. The molecule has 0 aliphatic heterocycles. The molecular weight excluding hydrogens is 292 g/mol. The van der Waals surface area contributed by atoms with Gasteiger partial charge in [-0.05, 0) is 12.2 Å². The van der Waals surface area contributed by atoms with Crippen molar-refractivity contribution in [3.05, 3.63) is 0 Å². The second-order valence-corrected chi connectivity index (χ2v) is 8.10. The molecule has 2 N–H and O–H groups in total. The van der Waals surface area contributed by atoms with Gasteiger partial charge in [0.25, 0.3) is 0 Å². The van der Waals surface area contributed by atoms with Crippen molar-refractivity contribution in [3.8, 4) is 0 Å². The van der Waals surface area contributed by atoms with Gasteiger partial charge in [-0.2, -0.15) is 0 Å². The smallest absolute Gasteiger partial charge is 0.481 e. The Bertz CT molecular complexity index is 287. The Morgan fingerprint density at radius 1 is 1.16 bits per heavy atom. The Hall–Kier alpha value is -0.613. The minimum absolute atomic E-state index is 0.387. The molecule has 7 nitrogen and oxygen atoms in total. The molecule has 0 aliphatic carbocycles. The van der Waals surface area contributed by atoms with Crippen LogP contribution >= 0.6 is 11.8 Å². The van der Waals surface area contributed by atoms with Gasteiger partial charge in [0, 0.05) is 27.4 Å². The molecule has 9 heteroatoms. The minimum Gasteiger partial charge on any atom is -0.481 e. The third kappa shape index (κ3) is 6.92. The molecule has 0 spiro atoms. The van der Waals surface area contributed by atoms with E-state index in [2.05, 4.69) is 0 Å². The number of thioether (sulfide) groups is 1. The molecule has 0 saturated carbocycles. The molecule has 0 amide bonds. The van der Waals surface area contributed by atoms with Crippen LogP contribution in [0.3, 0.4) is 0 Å². The van der Waals surface area contributed by atoms with Crippen LogP contribution in [0.15, 0.2) is 0 Å². The van der Waals surface area contributed by atoms with Crippen LogP contribution in [0, 0.1) is 0 Å². The van der Waals surface area contributed by atoms with Crippen molar-refractivity contribution in [2.45, 2.75) is 24.1 Å². The second-order valence-electron chi connectivity index (χ2n) is 3.69. The minimum atomic E-state index is -2.63. The van der Waals surface area contributed by atoms with Crippen LogP contribution in [0.2, 0.25) is 6.04 Å². The molecule has 0 aromatic rings. The zero-order chi connectivity index (χ0) is 14.9. The predicted octanol–water partition coefficient (Wildman–Crippen LogP) is 0.916. The van der Waals surface area contributed by atoms with E-state index < -0.39 is 26.0 Å². The van der Waals surface area contributed by atoms with E-state index in [4.69, 9.17) is 23.5 Å². The standard InChI is InChI=1S/C10H20O7SSi/c1-15-19(16-2,17-3)6-4-5-18-8(10(13)14)7-9(11)12/h8H,4-7H2,1-3H3,(H,11,12)(H,13,14). The Morgan fingerprint density at radius 2 is 1.68 bits per heavy atom. The average Bonchev–Trinajstić information content (AvgIpc) is 2.37. The van der Waals surface area contributed by atoms with Gasteiger partial charge in [-0.3, -0.25) is 9.59 Å². The van der Waals surface area contributed by atoms with Crippen molar-refractivity contribution < 1.29 is 33.1 Å². The lowest BCUT2D eigenvalue weighted by atomic mass is 10.3. The molecular formula is C10H20O7SSi. The van der Waals surface area contributed by atoms with Gasteiger partial charge < -0.3 is 23.5 Å². The highest BCUT2D eigenvalue weighted by atomic mass is 32.2. The SMILES string of the molecule is CO[Si](CCCSC(CC(=O)O)C(=O)O)(OC)OC. The monoisotopic (exact) mass is 312 g/mol. The number of carboxylic acids is 2. The fraction of sp³-hybridized carbons (Fsp3) is 0.800. The van der Waals surface area contributed by atoms with Crippen LogP contribution in [0.4, 0.5) is 0 Å². The van der Waals surface area contributed by atoms with Gasteiger partial charge in [0.05, 0.1) is 6.42 Å². The van der Waals surface area contributed by atoms with Crippen LogP contribution in [0.25, 0.3) is 0 Å². The molecule has 0 fully saturated rings. The molecule has 0 aromatic carbocycles. The van der Waals surface area contributed by atoms with Gasteiger partial charge in [0.2, 0.25) is 0 Å². The maximum atomic E-state index is 10.8. The van der Waals surface area contributed by atoms with Gasteiger partial charge in [-0.25, -0.2) is 0 Å².